The van der Waals surface area contributed by atoms with Crippen LogP contribution in [0.5, 0.6) is 0 Å². The molecule has 0 aliphatic heterocycles. The number of rotatable bonds is 8. The first-order chi connectivity index (χ1) is 10.2. The molecule has 21 heavy (non-hydrogen) atoms. The first kappa shape index (κ1) is 15.8. The van der Waals surface area contributed by atoms with Crippen LogP contribution in [0.3, 0.4) is 0 Å². The van der Waals surface area contributed by atoms with E-state index in [4.69, 9.17) is 0 Å². The molecule has 1 aromatic heterocycles. The molecule has 114 valence electrons. The Morgan fingerprint density at radius 2 is 1.95 bits per heavy atom. The summed E-state index contributed by atoms with van der Waals surface area (Å²) in [5.74, 6) is 0. The molecule has 2 rings (SSSR count). The molecule has 3 heteroatoms. The van der Waals surface area contributed by atoms with Crippen LogP contribution in [0.15, 0.2) is 36.4 Å². The summed E-state index contributed by atoms with van der Waals surface area (Å²) in [4.78, 5) is 0. The van der Waals surface area contributed by atoms with Crippen LogP contribution in [0.2, 0.25) is 0 Å². The molecule has 2 aromatic rings. The summed E-state index contributed by atoms with van der Waals surface area (Å²) in [6.45, 7) is 5.33. The summed E-state index contributed by atoms with van der Waals surface area (Å²) < 4.78 is 2.03. The third-order valence-corrected chi connectivity index (χ3v) is 3.97. The van der Waals surface area contributed by atoms with Crippen molar-refractivity contribution in [3.8, 4) is 0 Å². The predicted octanol–water partition coefficient (Wildman–Crippen LogP) is 3.66. The normalized spacial score (nSPS) is 12.5. The lowest BCUT2D eigenvalue weighted by molar-refractivity contribution is 0.493. The molecule has 0 fully saturated rings. The summed E-state index contributed by atoms with van der Waals surface area (Å²) >= 11 is 0. The number of nitrogens with zero attached hydrogens (tertiary/aromatic N) is 2. The van der Waals surface area contributed by atoms with Crippen molar-refractivity contribution >= 4 is 0 Å². The number of aromatic nitrogens is 2. The summed E-state index contributed by atoms with van der Waals surface area (Å²) in [6.07, 6.45) is 4.44. The monoisotopic (exact) mass is 285 g/mol. The van der Waals surface area contributed by atoms with Crippen LogP contribution in [0, 0.1) is 0 Å². The quantitative estimate of drug-likeness (QED) is 0.802. The highest BCUT2D eigenvalue weighted by Crippen LogP contribution is 2.19. The van der Waals surface area contributed by atoms with Crippen molar-refractivity contribution < 1.29 is 0 Å². The van der Waals surface area contributed by atoms with E-state index in [9.17, 15) is 0 Å². The highest BCUT2D eigenvalue weighted by atomic mass is 15.3. The van der Waals surface area contributed by atoms with Gasteiger partial charge in [0.15, 0.2) is 0 Å². The molecule has 0 saturated carbocycles. The number of benzene rings is 1. The van der Waals surface area contributed by atoms with Crippen molar-refractivity contribution in [1.82, 2.24) is 15.1 Å². The molecule has 0 saturated heterocycles. The Bertz CT molecular complexity index is 531. The lowest BCUT2D eigenvalue weighted by Crippen LogP contribution is -2.21. The number of aryl methyl sites for hydroxylation is 3. The Morgan fingerprint density at radius 1 is 1.19 bits per heavy atom. The maximum atomic E-state index is 4.52. The average molecular weight is 285 g/mol. The molecule has 1 aromatic carbocycles. The second kappa shape index (κ2) is 7.99. The van der Waals surface area contributed by atoms with Crippen molar-refractivity contribution in [2.75, 3.05) is 6.54 Å². The molecule has 0 bridgehead atoms. The summed E-state index contributed by atoms with van der Waals surface area (Å²) in [5.41, 5.74) is 3.92. The minimum atomic E-state index is 0.454. The summed E-state index contributed by atoms with van der Waals surface area (Å²) in [5, 5.41) is 8.12. The van der Waals surface area contributed by atoms with Gasteiger partial charge in [0.2, 0.25) is 0 Å². The fourth-order valence-electron chi connectivity index (χ4n) is 2.78. The third kappa shape index (κ3) is 4.43. The van der Waals surface area contributed by atoms with E-state index in [1.807, 2.05) is 11.7 Å². The molecule has 0 amide bonds. The smallest absolute Gasteiger partial charge is 0.0624 e. The Kier molecular flexibility index (Phi) is 6.00. The van der Waals surface area contributed by atoms with Crippen LogP contribution in [0.1, 0.15) is 49.7 Å². The number of hydrogen-bond donors (Lipinski definition) is 1. The second-order valence-electron chi connectivity index (χ2n) is 5.52. The zero-order chi connectivity index (χ0) is 15.1. The van der Waals surface area contributed by atoms with E-state index >= 15 is 0 Å². The lowest BCUT2D eigenvalue weighted by atomic mass is 10.0. The topological polar surface area (TPSA) is 29.9 Å². The van der Waals surface area contributed by atoms with E-state index in [2.05, 4.69) is 60.7 Å². The van der Waals surface area contributed by atoms with Crippen LogP contribution in [-0.4, -0.2) is 16.3 Å². The molecular formula is C18H27N3. The highest BCUT2D eigenvalue weighted by Gasteiger charge is 2.10. The molecule has 0 aliphatic carbocycles. The van der Waals surface area contributed by atoms with E-state index in [1.165, 1.54) is 23.4 Å². The van der Waals surface area contributed by atoms with Gasteiger partial charge in [0, 0.05) is 18.8 Å². The van der Waals surface area contributed by atoms with Crippen LogP contribution in [-0.2, 0) is 19.9 Å². The first-order valence-electron chi connectivity index (χ1n) is 8.04. The predicted molar refractivity (Wildman–Crippen MR) is 88.4 cm³/mol. The molecule has 0 radical (unpaired) electrons. The Balaban J connectivity index is 1.91. The van der Waals surface area contributed by atoms with Crippen LogP contribution >= 0.6 is 0 Å². The zero-order valence-corrected chi connectivity index (χ0v) is 13.5. The van der Waals surface area contributed by atoms with Crippen molar-refractivity contribution in [3.63, 3.8) is 0 Å². The highest BCUT2D eigenvalue weighted by molar-refractivity contribution is 5.19. The van der Waals surface area contributed by atoms with Gasteiger partial charge in [0.1, 0.15) is 0 Å². The second-order valence-corrected chi connectivity index (χ2v) is 5.52. The third-order valence-electron chi connectivity index (χ3n) is 3.97. The summed E-state index contributed by atoms with van der Waals surface area (Å²) in [7, 11) is 2.05. The molecule has 3 nitrogen and oxygen atoms in total. The van der Waals surface area contributed by atoms with Gasteiger partial charge in [-0.1, -0.05) is 44.2 Å². The van der Waals surface area contributed by atoms with Gasteiger partial charge in [0.25, 0.3) is 0 Å². The van der Waals surface area contributed by atoms with Crippen molar-refractivity contribution in [2.24, 2.45) is 7.05 Å². The Morgan fingerprint density at radius 3 is 2.57 bits per heavy atom. The van der Waals surface area contributed by atoms with Crippen molar-refractivity contribution in [1.29, 1.82) is 0 Å². The molecule has 1 atom stereocenters. The molecule has 1 N–H and O–H groups in total. The van der Waals surface area contributed by atoms with Crippen molar-refractivity contribution in [3.05, 3.63) is 53.3 Å². The fraction of sp³-hybridized carbons (Fsp3) is 0.500. The minimum absolute atomic E-state index is 0.454. The number of hydrogen-bond acceptors (Lipinski definition) is 2. The zero-order valence-electron chi connectivity index (χ0n) is 13.5. The van der Waals surface area contributed by atoms with E-state index < -0.39 is 0 Å². The molecule has 0 aliphatic rings. The van der Waals surface area contributed by atoms with Crippen LogP contribution in [0.25, 0.3) is 0 Å². The Hall–Kier alpha value is -1.61. The van der Waals surface area contributed by atoms with Gasteiger partial charge in [-0.2, -0.15) is 5.10 Å². The fourth-order valence-corrected chi connectivity index (χ4v) is 2.78. The average Bonchev–Trinajstić information content (AvgIpc) is 2.88. The van der Waals surface area contributed by atoms with Gasteiger partial charge in [-0.05, 0) is 43.9 Å². The van der Waals surface area contributed by atoms with E-state index in [0.29, 0.717) is 6.04 Å². The van der Waals surface area contributed by atoms with E-state index in [-0.39, 0.29) is 0 Å². The lowest BCUT2D eigenvalue weighted by Gasteiger charge is -2.18. The van der Waals surface area contributed by atoms with Gasteiger partial charge in [-0.25, -0.2) is 0 Å². The number of nitrogens with one attached hydrogen (secondary N) is 1. The first-order valence-corrected chi connectivity index (χ1v) is 8.04. The van der Waals surface area contributed by atoms with Crippen LogP contribution in [0.4, 0.5) is 0 Å². The van der Waals surface area contributed by atoms with Gasteiger partial charge < -0.3 is 5.32 Å². The molecule has 0 spiro atoms. The van der Waals surface area contributed by atoms with Gasteiger partial charge in [-0.3, -0.25) is 4.68 Å². The van der Waals surface area contributed by atoms with Gasteiger partial charge >= 0.3 is 0 Å². The molecular weight excluding hydrogens is 258 g/mol. The van der Waals surface area contributed by atoms with Crippen LogP contribution < -0.4 is 5.32 Å². The van der Waals surface area contributed by atoms with Gasteiger partial charge in [-0.15, -0.1) is 0 Å². The molecule has 1 unspecified atom stereocenters. The van der Waals surface area contributed by atoms with E-state index in [0.717, 1.165) is 25.8 Å². The van der Waals surface area contributed by atoms with Gasteiger partial charge in [0.05, 0.1) is 5.69 Å². The maximum absolute atomic E-state index is 4.52. The maximum Gasteiger partial charge on any atom is 0.0624 e. The SMILES string of the molecule is CCNC(CCCc1cc(CC)nn1C)c1ccccc1. The largest absolute Gasteiger partial charge is 0.310 e. The summed E-state index contributed by atoms with van der Waals surface area (Å²) in [6, 6.07) is 13.4. The van der Waals surface area contributed by atoms with Crippen molar-refractivity contribution in [2.45, 2.75) is 45.6 Å². The van der Waals surface area contributed by atoms with E-state index in [1.54, 1.807) is 0 Å². The molecule has 1 heterocycles. The standard InChI is InChI=1S/C18H27N3/c1-4-16-14-17(21(3)20-16)12-9-13-18(19-5-2)15-10-7-6-8-11-15/h6-8,10-11,14,18-19H,4-5,9,12-13H2,1-3H3. The Labute approximate surface area is 128 Å². The minimum Gasteiger partial charge on any atom is -0.310 e.